The summed E-state index contributed by atoms with van der Waals surface area (Å²) in [4.78, 5) is 2.12. The summed E-state index contributed by atoms with van der Waals surface area (Å²) in [7, 11) is 5.89. The number of nitrogens with one attached hydrogen (secondary N) is 1. The molecule has 0 aromatic heterocycles. The molecule has 0 saturated carbocycles. The molecule has 0 radical (unpaired) electrons. The Hall–Kier alpha value is -1.06. The van der Waals surface area contributed by atoms with Gasteiger partial charge in [0.25, 0.3) is 0 Å². The average Bonchev–Trinajstić information content (AvgIpc) is 2.38. The topological polar surface area (TPSA) is 24.5 Å². The van der Waals surface area contributed by atoms with Gasteiger partial charge < -0.3 is 15.0 Å². The first kappa shape index (κ1) is 15.0. The number of rotatable bonds is 8. The maximum atomic E-state index is 5.12. The van der Waals surface area contributed by atoms with Crippen molar-refractivity contribution >= 4 is 5.69 Å². The zero-order valence-corrected chi connectivity index (χ0v) is 12.1. The normalized spacial score (nSPS) is 12.4. The standard InChI is InChI=1S/C15H26N2O/c1-5-16-15(7-6-12-18-4)13-8-10-14(11-9-13)17(2)3/h8-11,15-16H,5-7,12H2,1-4H3. The molecule has 1 unspecified atom stereocenters. The van der Waals surface area contributed by atoms with Gasteiger partial charge in [0.2, 0.25) is 0 Å². The van der Waals surface area contributed by atoms with E-state index in [1.807, 2.05) is 0 Å². The minimum absolute atomic E-state index is 0.432. The highest BCUT2D eigenvalue weighted by Crippen LogP contribution is 2.21. The van der Waals surface area contributed by atoms with E-state index in [1.54, 1.807) is 7.11 Å². The number of benzene rings is 1. The molecule has 1 rings (SSSR count). The Balaban J connectivity index is 2.66. The molecule has 0 aliphatic heterocycles. The second-order valence-corrected chi connectivity index (χ2v) is 4.73. The molecular weight excluding hydrogens is 224 g/mol. The molecule has 1 aromatic carbocycles. The highest BCUT2D eigenvalue weighted by atomic mass is 16.5. The third-order valence-electron chi connectivity index (χ3n) is 3.10. The number of hydrogen-bond donors (Lipinski definition) is 1. The first-order valence-corrected chi connectivity index (χ1v) is 6.68. The fourth-order valence-electron chi connectivity index (χ4n) is 2.07. The molecule has 0 bridgehead atoms. The van der Waals surface area contributed by atoms with Gasteiger partial charge in [-0.05, 0) is 37.1 Å². The quantitative estimate of drug-likeness (QED) is 0.718. The molecule has 1 atom stereocenters. The van der Waals surface area contributed by atoms with Crippen molar-refractivity contribution < 1.29 is 4.74 Å². The third kappa shape index (κ3) is 4.67. The van der Waals surface area contributed by atoms with Crippen LogP contribution in [0, 0.1) is 0 Å². The van der Waals surface area contributed by atoms with Crippen LogP contribution < -0.4 is 10.2 Å². The maximum Gasteiger partial charge on any atom is 0.0462 e. The Morgan fingerprint density at radius 1 is 1.22 bits per heavy atom. The first-order chi connectivity index (χ1) is 8.69. The van der Waals surface area contributed by atoms with Crippen molar-refractivity contribution in [3.05, 3.63) is 29.8 Å². The van der Waals surface area contributed by atoms with Gasteiger partial charge in [0.15, 0.2) is 0 Å². The highest BCUT2D eigenvalue weighted by molar-refractivity contribution is 5.46. The lowest BCUT2D eigenvalue weighted by molar-refractivity contribution is 0.189. The van der Waals surface area contributed by atoms with E-state index in [-0.39, 0.29) is 0 Å². The number of anilines is 1. The van der Waals surface area contributed by atoms with Crippen LogP contribution in [0.5, 0.6) is 0 Å². The Kier molecular flexibility index (Phi) is 6.76. The van der Waals surface area contributed by atoms with Gasteiger partial charge in [0, 0.05) is 39.5 Å². The van der Waals surface area contributed by atoms with E-state index in [4.69, 9.17) is 4.74 Å². The molecule has 1 aromatic rings. The summed E-state index contributed by atoms with van der Waals surface area (Å²) in [5.41, 5.74) is 2.60. The summed E-state index contributed by atoms with van der Waals surface area (Å²) in [6.45, 7) is 3.97. The van der Waals surface area contributed by atoms with Crippen LogP contribution in [-0.4, -0.2) is 34.4 Å². The summed E-state index contributed by atoms with van der Waals surface area (Å²) >= 11 is 0. The second kappa shape index (κ2) is 8.11. The van der Waals surface area contributed by atoms with E-state index >= 15 is 0 Å². The Morgan fingerprint density at radius 2 is 1.89 bits per heavy atom. The van der Waals surface area contributed by atoms with Crippen molar-refractivity contribution in [1.29, 1.82) is 0 Å². The van der Waals surface area contributed by atoms with Crippen molar-refractivity contribution in [3.63, 3.8) is 0 Å². The molecule has 18 heavy (non-hydrogen) atoms. The van der Waals surface area contributed by atoms with E-state index < -0.39 is 0 Å². The van der Waals surface area contributed by atoms with Gasteiger partial charge in [-0.25, -0.2) is 0 Å². The predicted octanol–water partition coefficient (Wildman–Crippen LogP) is 2.83. The first-order valence-electron chi connectivity index (χ1n) is 6.68. The lowest BCUT2D eigenvalue weighted by atomic mass is 10.0. The van der Waals surface area contributed by atoms with Crippen LogP contribution in [0.2, 0.25) is 0 Å². The molecule has 0 saturated heterocycles. The zero-order chi connectivity index (χ0) is 13.4. The van der Waals surface area contributed by atoms with E-state index in [0.29, 0.717) is 6.04 Å². The summed E-state index contributed by atoms with van der Waals surface area (Å²) in [5, 5.41) is 3.54. The number of methoxy groups -OCH3 is 1. The van der Waals surface area contributed by atoms with E-state index in [0.717, 1.165) is 26.0 Å². The molecule has 0 amide bonds. The van der Waals surface area contributed by atoms with Crippen LogP contribution in [-0.2, 0) is 4.74 Å². The molecule has 0 heterocycles. The van der Waals surface area contributed by atoms with Crippen LogP contribution in [0.25, 0.3) is 0 Å². The van der Waals surface area contributed by atoms with Gasteiger partial charge >= 0.3 is 0 Å². The molecule has 0 aliphatic rings. The van der Waals surface area contributed by atoms with Crippen molar-refractivity contribution in [3.8, 4) is 0 Å². The highest BCUT2D eigenvalue weighted by Gasteiger charge is 2.09. The number of hydrogen-bond acceptors (Lipinski definition) is 3. The lowest BCUT2D eigenvalue weighted by Crippen LogP contribution is -2.21. The molecule has 102 valence electrons. The van der Waals surface area contributed by atoms with Gasteiger partial charge in [-0.2, -0.15) is 0 Å². The van der Waals surface area contributed by atoms with Crippen LogP contribution in [0.15, 0.2) is 24.3 Å². The third-order valence-corrected chi connectivity index (χ3v) is 3.10. The number of nitrogens with zero attached hydrogens (tertiary/aromatic N) is 1. The molecule has 0 fully saturated rings. The van der Waals surface area contributed by atoms with Gasteiger partial charge in [-0.1, -0.05) is 19.1 Å². The predicted molar refractivity (Wildman–Crippen MR) is 78.3 cm³/mol. The van der Waals surface area contributed by atoms with E-state index in [2.05, 4.69) is 55.5 Å². The lowest BCUT2D eigenvalue weighted by Gasteiger charge is -2.20. The Labute approximate surface area is 111 Å². The van der Waals surface area contributed by atoms with Gasteiger partial charge in [0.1, 0.15) is 0 Å². The average molecular weight is 250 g/mol. The zero-order valence-electron chi connectivity index (χ0n) is 12.1. The molecule has 0 aliphatic carbocycles. The van der Waals surface area contributed by atoms with Crippen molar-refractivity contribution in [2.45, 2.75) is 25.8 Å². The number of ether oxygens (including phenoxy) is 1. The molecule has 0 spiro atoms. The monoisotopic (exact) mass is 250 g/mol. The Morgan fingerprint density at radius 3 is 2.39 bits per heavy atom. The molecule has 3 heteroatoms. The van der Waals surface area contributed by atoms with Crippen molar-refractivity contribution in [2.24, 2.45) is 0 Å². The summed E-state index contributed by atoms with van der Waals surface area (Å²) in [6.07, 6.45) is 2.20. The molecular formula is C15H26N2O. The maximum absolute atomic E-state index is 5.12. The van der Waals surface area contributed by atoms with Crippen molar-refractivity contribution in [2.75, 3.05) is 39.3 Å². The summed E-state index contributed by atoms with van der Waals surface area (Å²) < 4.78 is 5.12. The fourth-order valence-corrected chi connectivity index (χ4v) is 2.07. The van der Waals surface area contributed by atoms with Gasteiger partial charge in [0.05, 0.1) is 0 Å². The summed E-state index contributed by atoms with van der Waals surface area (Å²) in [5.74, 6) is 0. The summed E-state index contributed by atoms with van der Waals surface area (Å²) in [6, 6.07) is 9.22. The largest absolute Gasteiger partial charge is 0.385 e. The molecule has 1 N–H and O–H groups in total. The smallest absolute Gasteiger partial charge is 0.0462 e. The van der Waals surface area contributed by atoms with Crippen LogP contribution in [0.3, 0.4) is 0 Å². The van der Waals surface area contributed by atoms with E-state index in [1.165, 1.54) is 11.3 Å². The Bertz CT molecular complexity index is 322. The minimum atomic E-state index is 0.432. The molecule has 3 nitrogen and oxygen atoms in total. The second-order valence-electron chi connectivity index (χ2n) is 4.73. The van der Waals surface area contributed by atoms with Crippen LogP contribution in [0.1, 0.15) is 31.4 Å². The van der Waals surface area contributed by atoms with Gasteiger partial charge in [-0.15, -0.1) is 0 Å². The van der Waals surface area contributed by atoms with E-state index in [9.17, 15) is 0 Å². The fraction of sp³-hybridized carbons (Fsp3) is 0.600. The SMILES string of the molecule is CCNC(CCCOC)c1ccc(N(C)C)cc1. The van der Waals surface area contributed by atoms with Crippen LogP contribution in [0.4, 0.5) is 5.69 Å². The minimum Gasteiger partial charge on any atom is -0.385 e. The van der Waals surface area contributed by atoms with Gasteiger partial charge in [-0.3, -0.25) is 0 Å². The van der Waals surface area contributed by atoms with Crippen LogP contribution >= 0.6 is 0 Å². The van der Waals surface area contributed by atoms with Crippen molar-refractivity contribution in [1.82, 2.24) is 5.32 Å².